The predicted molar refractivity (Wildman–Crippen MR) is 74.9 cm³/mol. The summed E-state index contributed by atoms with van der Waals surface area (Å²) in [5.41, 5.74) is 0.115. The number of unbranched alkanes of at least 4 members (excludes halogenated alkanes) is 1. The molecular weight excluding hydrogens is 218 g/mol. The Balaban J connectivity index is 3.64. The summed E-state index contributed by atoms with van der Waals surface area (Å²) in [7, 11) is 2.06. The summed E-state index contributed by atoms with van der Waals surface area (Å²) in [5.74, 6) is 0. The molecule has 0 bridgehead atoms. The van der Waals surface area contributed by atoms with E-state index < -0.39 is 8.24 Å². The monoisotopic (exact) mass is 247 g/mol. The predicted octanol–water partition coefficient (Wildman–Crippen LogP) is 2.00. The first-order valence-electron chi connectivity index (χ1n) is 5.95. The van der Waals surface area contributed by atoms with Crippen LogP contribution in [0.2, 0.25) is 19.6 Å². The first-order valence-corrected chi connectivity index (χ1v) is 10.2. The molecule has 0 aliphatic heterocycles. The minimum atomic E-state index is -1.06. The van der Waals surface area contributed by atoms with Crippen LogP contribution in [-0.4, -0.2) is 42.5 Å². The summed E-state index contributed by atoms with van der Waals surface area (Å²) < 4.78 is 8.10. The lowest BCUT2D eigenvalue weighted by Gasteiger charge is -2.30. The molecule has 0 spiro atoms. The molecule has 0 fully saturated rings. The van der Waals surface area contributed by atoms with Crippen LogP contribution in [0.4, 0.5) is 0 Å². The van der Waals surface area contributed by atoms with E-state index in [1.807, 2.05) is 0 Å². The van der Waals surface area contributed by atoms with Crippen molar-refractivity contribution in [1.29, 1.82) is 0 Å². The van der Waals surface area contributed by atoms with E-state index in [1.54, 1.807) is 0 Å². The molecule has 0 unspecified atom stereocenters. The van der Waals surface area contributed by atoms with E-state index in [0.29, 0.717) is 0 Å². The number of nitrogens with zero attached hydrogens (tertiary/aromatic N) is 1. The molecule has 0 rings (SSSR count). The zero-order chi connectivity index (χ0) is 12.1. The van der Waals surface area contributed by atoms with E-state index in [1.165, 1.54) is 25.8 Å². The molecule has 0 atom stereocenters. The van der Waals surface area contributed by atoms with Crippen LogP contribution in [0.25, 0.3) is 0 Å². The highest BCUT2D eigenvalue weighted by atomic mass is 28.3. The van der Waals surface area contributed by atoms with Crippen LogP contribution in [0.5, 0.6) is 0 Å². The van der Waals surface area contributed by atoms with E-state index in [0.717, 1.165) is 10.5 Å². The molecule has 0 aromatic carbocycles. The maximum Gasteiger partial charge on any atom is 0.146 e. The second-order valence-corrected chi connectivity index (χ2v) is 11.5. The van der Waals surface area contributed by atoms with E-state index in [-0.39, 0.29) is 5.60 Å². The van der Waals surface area contributed by atoms with Gasteiger partial charge in [-0.25, -0.2) is 0 Å². The fourth-order valence-corrected chi connectivity index (χ4v) is 2.37. The molecule has 0 aliphatic rings. The molecule has 0 saturated carbocycles. The van der Waals surface area contributed by atoms with E-state index in [2.05, 4.69) is 45.1 Å². The quantitative estimate of drug-likeness (QED) is 0.504. The third-order valence-electron chi connectivity index (χ3n) is 3.22. The summed E-state index contributed by atoms with van der Waals surface area (Å²) in [6, 6.07) is 0. The minimum Gasteiger partial charge on any atom is -0.423 e. The van der Waals surface area contributed by atoms with E-state index in [4.69, 9.17) is 4.43 Å². The van der Waals surface area contributed by atoms with Gasteiger partial charge in [0.2, 0.25) is 0 Å². The summed E-state index contributed by atoms with van der Waals surface area (Å²) in [4.78, 5) is 0. The second-order valence-electron chi connectivity index (χ2n) is 6.01. The molecule has 0 heterocycles. The van der Waals surface area contributed by atoms with Gasteiger partial charge in [0, 0.05) is 5.60 Å². The summed E-state index contributed by atoms with van der Waals surface area (Å²) in [6.07, 6.45) is 3.77. The van der Waals surface area contributed by atoms with Crippen LogP contribution in [0, 0.1) is 0 Å². The van der Waals surface area contributed by atoms with Crippen molar-refractivity contribution in [2.24, 2.45) is 0 Å². The number of hydrogen-bond acceptors (Lipinski definition) is 2. The molecule has 0 saturated heterocycles. The van der Waals surface area contributed by atoms with Gasteiger partial charge < -0.3 is 8.99 Å². The SMILES string of the molecule is CN(CCCCC(C)(C)O[SiH3])[Si](C)(C)C. The van der Waals surface area contributed by atoms with Crippen molar-refractivity contribution in [1.82, 2.24) is 4.57 Å². The van der Waals surface area contributed by atoms with E-state index in [9.17, 15) is 0 Å². The van der Waals surface area contributed by atoms with Gasteiger partial charge in [-0.15, -0.1) is 0 Å². The van der Waals surface area contributed by atoms with Crippen LogP contribution in [0.3, 0.4) is 0 Å². The Labute approximate surface area is 100 Å². The van der Waals surface area contributed by atoms with Gasteiger partial charge in [-0.1, -0.05) is 19.6 Å². The average molecular weight is 248 g/mol. The highest BCUT2D eigenvalue weighted by Crippen LogP contribution is 2.17. The van der Waals surface area contributed by atoms with E-state index >= 15 is 0 Å². The smallest absolute Gasteiger partial charge is 0.146 e. The maximum absolute atomic E-state index is 5.55. The molecule has 92 valence electrons. The molecule has 0 aromatic rings. The fraction of sp³-hybridized carbons (Fsp3) is 1.00. The third kappa shape index (κ3) is 7.27. The van der Waals surface area contributed by atoms with Crippen molar-refractivity contribution in [2.45, 2.75) is 58.4 Å². The van der Waals surface area contributed by atoms with Crippen LogP contribution >= 0.6 is 0 Å². The number of rotatable bonds is 7. The lowest BCUT2D eigenvalue weighted by atomic mass is 10.0. The Morgan fingerprint density at radius 3 is 2.13 bits per heavy atom. The lowest BCUT2D eigenvalue weighted by Crippen LogP contribution is -2.43. The highest BCUT2D eigenvalue weighted by molar-refractivity contribution is 6.73. The van der Waals surface area contributed by atoms with Crippen LogP contribution in [0.1, 0.15) is 33.1 Å². The Hall–Kier alpha value is 0.354. The normalized spacial score (nSPS) is 13.8. The standard InChI is InChI=1S/C11H29NOSi2/c1-11(2,13-14)9-7-8-10-12(3)15(4,5)6/h7-10H2,1-6,14H3. The fourth-order valence-electron chi connectivity index (χ4n) is 1.34. The van der Waals surface area contributed by atoms with Gasteiger partial charge >= 0.3 is 0 Å². The van der Waals surface area contributed by atoms with Gasteiger partial charge in [0.15, 0.2) is 0 Å². The molecule has 15 heavy (non-hydrogen) atoms. The molecule has 0 aliphatic carbocycles. The van der Waals surface area contributed by atoms with Crippen molar-refractivity contribution < 1.29 is 4.43 Å². The molecule has 0 radical (unpaired) electrons. The zero-order valence-corrected chi connectivity index (χ0v) is 14.7. The van der Waals surface area contributed by atoms with Crippen LogP contribution in [0.15, 0.2) is 0 Å². The number of hydrogen-bond donors (Lipinski definition) is 0. The first kappa shape index (κ1) is 15.4. The Morgan fingerprint density at radius 1 is 1.20 bits per heavy atom. The zero-order valence-electron chi connectivity index (χ0n) is 11.7. The topological polar surface area (TPSA) is 12.5 Å². The van der Waals surface area contributed by atoms with Crippen molar-refractivity contribution in [3.05, 3.63) is 0 Å². The van der Waals surface area contributed by atoms with Gasteiger partial charge in [-0.3, -0.25) is 0 Å². The largest absolute Gasteiger partial charge is 0.423 e. The molecule has 4 heteroatoms. The molecule has 2 nitrogen and oxygen atoms in total. The first-order chi connectivity index (χ1) is 6.69. The van der Waals surface area contributed by atoms with Gasteiger partial charge in [0.05, 0.1) is 0 Å². The Morgan fingerprint density at radius 2 is 1.73 bits per heavy atom. The van der Waals surface area contributed by atoms with Crippen LogP contribution in [-0.2, 0) is 4.43 Å². The highest BCUT2D eigenvalue weighted by Gasteiger charge is 2.19. The molecule has 0 amide bonds. The minimum absolute atomic E-state index is 0.115. The Kier molecular flexibility index (Phi) is 6.32. The van der Waals surface area contributed by atoms with Gasteiger partial charge in [0.1, 0.15) is 18.7 Å². The Bertz CT molecular complexity index is 178. The van der Waals surface area contributed by atoms with Gasteiger partial charge in [0.25, 0.3) is 0 Å². The van der Waals surface area contributed by atoms with Gasteiger partial charge in [-0.05, 0) is 46.7 Å². The third-order valence-corrected chi connectivity index (χ3v) is 6.84. The van der Waals surface area contributed by atoms with Crippen molar-refractivity contribution in [3.8, 4) is 0 Å². The van der Waals surface area contributed by atoms with Crippen molar-refractivity contribution in [2.75, 3.05) is 13.6 Å². The van der Waals surface area contributed by atoms with Gasteiger partial charge in [-0.2, -0.15) is 0 Å². The molecule has 0 aromatic heterocycles. The average Bonchev–Trinajstić information content (AvgIpc) is 2.10. The second kappa shape index (κ2) is 6.18. The summed E-state index contributed by atoms with van der Waals surface area (Å²) in [6.45, 7) is 12.8. The maximum atomic E-state index is 5.55. The summed E-state index contributed by atoms with van der Waals surface area (Å²) in [5, 5.41) is 0. The van der Waals surface area contributed by atoms with Crippen molar-refractivity contribution in [3.63, 3.8) is 0 Å². The molecule has 0 N–H and O–H groups in total. The van der Waals surface area contributed by atoms with Crippen LogP contribution < -0.4 is 0 Å². The van der Waals surface area contributed by atoms with Crippen molar-refractivity contribution >= 4 is 18.7 Å². The lowest BCUT2D eigenvalue weighted by molar-refractivity contribution is 0.109. The summed E-state index contributed by atoms with van der Waals surface area (Å²) >= 11 is 0. The molecular formula is C11H29NOSi2.